The Labute approximate surface area is 430 Å². The predicted octanol–water partition coefficient (Wildman–Crippen LogP) is 17.9. The van der Waals surface area contributed by atoms with Crippen molar-refractivity contribution >= 4 is 24.5 Å². The molecule has 0 heterocycles. The largest absolute Gasteiger partial charge is 0.394 e. The molecular weight excluding hydrogens is 917 g/mol. The zero-order valence-electron chi connectivity index (χ0n) is 46.4. The Morgan fingerprint density at radius 1 is 0.706 bits per heavy atom. The van der Waals surface area contributed by atoms with Gasteiger partial charge in [0, 0.05) is 19.0 Å². The molecule has 0 N–H and O–H groups in total. The Balaban J connectivity index is 0.913. The zero-order chi connectivity index (χ0) is 48.6. The second kappa shape index (κ2) is 22.5. The molecule has 0 aromatic rings. The van der Waals surface area contributed by atoms with Crippen molar-refractivity contribution in [2.24, 2.45) is 98.6 Å². The number of methoxy groups -OCH3 is 1. The lowest BCUT2D eigenvalue weighted by molar-refractivity contribution is -0.153. The van der Waals surface area contributed by atoms with Crippen molar-refractivity contribution in [3.63, 3.8) is 0 Å². The van der Waals surface area contributed by atoms with Crippen LogP contribution in [0, 0.1) is 98.6 Å². The topological polar surface area (TPSA) is 36.9 Å². The number of hydrogen-bond acceptors (Lipinski definition) is 4. The molecule has 0 aliphatic heterocycles. The van der Waals surface area contributed by atoms with Crippen LogP contribution in [0.1, 0.15) is 216 Å². The predicted molar refractivity (Wildman–Crippen MR) is 292 cm³/mol. The molecule has 0 radical (unpaired) electrons. The van der Waals surface area contributed by atoms with E-state index in [-0.39, 0.29) is 12.4 Å². The number of alkyl halides is 1. The third kappa shape index (κ3) is 10.9. The monoisotopic (exact) mass is 1020 g/mol. The third-order valence-corrected chi connectivity index (χ3v) is 25.9. The first-order valence-corrected chi connectivity index (χ1v) is 33.8. The maximum absolute atomic E-state index is 7.37. The summed E-state index contributed by atoms with van der Waals surface area (Å²) in [4.78, 5) is 0. The molecule has 0 aromatic heterocycles. The van der Waals surface area contributed by atoms with E-state index in [2.05, 4.69) is 110 Å². The van der Waals surface area contributed by atoms with Gasteiger partial charge in [0.2, 0.25) is 0 Å². The third-order valence-electron chi connectivity index (χ3n) is 23.6. The van der Waals surface area contributed by atoms with E-state index in [0.717, 1.165) is 90.4 Å². The molecule has 4 nitrogen and oxygen atoms in total. The molecule has 8 aliphatic rings. The summed E-state index contributed by atoms with van der Waals surface area (Å²) in [5.41, 5.74) is 3.56. The SMILES string of the molecule is CCC(/C=C/C(C)C1CCC2C3CC=C4CC(OC(CC[C@H](C)C5CCC6C7CCC8C[C@@H](OC)CC[C@@]8(C)C7CC[C@]65C)O[Si](C)(C)OCCCCCCBr)CCC4(C)C3CCC12C)C(C)C. The van der Waals surface area contributed by atoms with E-state index in [1.165, 1.54) is 135 Å². The first kappa shape index (κ1) is 54.3. The van der Waals surface area contributed by atoms with Crippen molar-refractivity contribution in [2.45, 2.75) is 248 Å². The second-order valence-electron chi connectivity index (χ2n) is 27.5. The normalized spacial score (nSPS) is 43.1. The van der Waals surface area contributed by atoms with Crippen LogP contribution in [0.15, 0.2) is 23.8 Å². The minimum absolute atomic E-state index is 0.174. The van der Waals surface area contributed by atoms with E-state index in [0.29, 0.717) is 45.5 Å². The van der Waals surface area contributed by atoms with Gasteiger partial charge >= 0.3 is 8.56 Å². The summed E-state index contributed by atoms with van der Waals surface area (Å²) in [7, 11) is -0.447. The molecule has 7 saturated carbocycles. The van der Waals surface area contributed by atoms with Crippen LogP contribution in [0.5, 0.6) is 0 Å². The highest BCUT2D eigenvalue weighted by Gasteiger charge is 2.62. The van der Waals surface area contributed by atoms with Gasteiger partial charge in [0.05, 0.1) is 12.2 Å². The highest BCUT2D eigenvalue weighted by Crippen LogP contribution is 2.70. The molecule has 7 fully saturated rings. The standard InChI is InChI=1S/C62H107BrO4Si/c1-13-45(42(2)3)20-18-43(4)52-25-27-54-51-24-22-47-41-49(31-35-60(47,7)57(51)33-36-61(52,54)8)66-58(67-68(11,12)65-39-17-15-14-16-38-63)29-19-44(5)53-26-28-55-50-23-21-46-40-48(64-10)30-34-59(46,6)56(50)32-37-62(53,55)9/h18,20,22,42-46,48-58H,13-17,19,21,23-41H2,1-12H3/b20-18+/t43?,44-,45?,46?,48-,49?,50?,51?,52?,53?,54?,55?,56?,57?,58?,59+,60?,61?,62-/m0/s1. The van der Waals surface area contributed by atoms with Crippen LogP contribution in [-0.2, 0) is 18.3 Å². The molecule has 0 amide bonds. The number of halogens is 1. The lowest BCUT2D eigenvalue weighted by atomic mass is 9.44. The van der Waals surface area contributed by atoms with Gasteiger partial charge < -0.3 is 18.3 Å². The number of unbranched alkanes of at least 4 members (excludes halogenated alkanes) is 3. The lowest BCUT2D eigenvalue weighted by Crippen LogP contribution is -2.54. The molecular formula is C62H107BrO4Si. The number of rotatable bonds is 21. The van der Waals surface area contributed by atoms with Gasteiger partial charge in [0.25, 0.3) is 0 Å². The van der Waals surface area contributed by atoms with Crippen LogP contribution < -0.4 is 0 Å². The average Bonchev–Trinajstić information content (AvgIpc) is 3.86. The van der Waals surface area contributed by atoms with Gasteiger partial charge in [-0.1, -0.05) is 115 Å². The maximum Gasteiger partial charge on any atom is 0.333 e. The van der Waals surface area contributed by atoms with E-state index >= 15 is 0 Å². The quantitative estimate of drug-likeness (QED) is 0.0377. The van der Waals surface area contributed by atoms with Crippen molar-refractivity contribution in [3.05, 3.63) is 23.8 Å². The fourth-order valence-corrected chi connectivity index (χ4v) is 21.4. The van der Waals surface area contributed by atoms with Gasteiger partial charge in [-0.05, 0) is 253 Å². The number of allylic oxidation sites excluding steroid dienone is 3. The smallest absolute Gasteiger partial charge is 0.333 e. The van der Waals surface area contributed by atoms with E-state index in [1.807, 2.05) is 7.11 Å². The van der Waals surface area contributed by atoms with Crippen molar-refractivity contribution < 1.29 is 18.3 Å². The summed E-state index contributed by atoms with van der Waals surface area (Å²) >= 11 is 3.61. The molecule has 0 spiro atoms. The fraction of sp³-hybridized carbons (Fsp3) is 0.935. The Hall–Kier alpha value is 0.0169. The summed E-state index contributed by atoms with van der Waals surface area (Å²) in [6, 6.07) is 0. The highest BCUT2D eigenvalue weighted by atomic mass is 79.9. The summed E-state index contributed by atoms with van der Waals surface area (Å²) in [6.07, 6.45) is 40.1. The molecule has 8 rings (SSSR count). The lowest BCUT2D eigenvalue weighted by Gasteiger charge is -2.61. The van der Waals surface area contributed by atoms with E-state index in [1.54, 1.807) is 5.57 Å². The van der Waals surface area contributed by atoms with Crippen LogP contribution in [-0.4, -0.2) is 46.1 Å². The van der Waals surface area contributed by atoms with Gasteiger partial charge in [-0.3, -0.25) is 0 Å². The Morgan fingerprint density at radius 3 is 2.09 bits per heavy atom. The number of ether oxygens (including phenoxy) is 2. The van der Waals surface area contributed by atoms with E-state index in [4.69, 9.17) is 18.3 Å². The van der Waals surface area contributed by atoms with Crippen molar-refractivity contribution in [3.8, 4) is 0 Å². The second-order valence-corrected chi connectivity index (χ2v) is 31.6. The molecule has 19 atom stereocenters. The highest BCUT2D eigenvalue weighted by molar-refractivity contribution is 9.09. The van der Waals surface area contributed by atoms with Gasteiger partial charge in [-0.2, -0.15) is 0 Å². The maximum atomic E-state index is 7.37. The van der Waals surface area contributed by atoms with Crippen LogP contribution >= 0.6 is 15.9 Å². The summed E-state index contributed by atoms with van der Waals surface area (Å²) in [5.74, 6) is 10.6. The van der Waals surface area contributed by atoms with Crippen molar-refractivity contribution in [2.75, 3.05) is 19.0 Å². The first-order valence-electron chi connectivity index (χ1n) is 29.8. The molecule has 68 heavy (non-hydrogen) atoms. The summed E-state index contributed by atoms with van der Waals surface area (Å²) < 4.78 is 27.2. The molecule has 15 unspecified atom stereocenters. The van der Waals surface area contributed by atoms with Crippen molar-refractivity contribution in [1.82, 2.24) is 0 Å². The van der Waals surface area contributed by atoms with Gasteiger partial charge in [0.15, 0.2) is 0 Å². The van der Waals surface area contributed by atoms with Crippen LogP contribution in [0.4, 0.5) is 0 Å². The van der Waals surface area contributed by atoms with Crippen LogP contribution in [0.25, 0.3) is 0 Å². The molecule has 390 valence electrons. The molecule has 6 heteroatoms. The summed E-state index contributed by atoms with van der Waals surface area (Å²) in [6.45, 7) is 28.7. The molecule has 0 aromatic carbocycles. The zero-order valence-corrected chi connectivity index (χ0v) is 49.0. The Morgan fingerprint density at radius 2 is 1.37 bits per heavy atom. The number of hydrogen-bond donors (Lipinski definition) is 0. The Kier molecular flexibility index (Phi) is 17.9. The van der Waals surface area contributed by atoms with E-state index < -0.39 is 8.56 Å². The summed E-state index contributed by atoms with van der Waals surface area (Å²) in [5, 5.41) is 1.10. The van der Waals surface area contributed by atoms with Gasteiger partial charge in [-0.15, -0.1) is 0 Å². The van der Waals surface area contributed by atoms with Crippen LogP contribution in [0.2, 0.25) is 13.1 Å². The minimum Gasteiger partial charge on any atom is -0.394 e. The molecule has 0 bridgehead atoms. The fourth-order valence-electron chi connectivity index (χ4n) is 19.5. The van der Waals surface area contributed by atoms with Gasteiger partial charge in [0.1, 0.15) is 6.29 Å². The first-order chi connectivity index (χ1) is 32.4. The van der Waals surface area contributed by atoms with Gasteiger partial charge in [-0.25, -0.2) is 0 Å². The van der Waals surface area contributed by atoms with Crippen LogP contribution in [0.3, 0.4) is 0 Å². The minimum atomic E-state index is -2.40. The number of fused-ring (bicyclic) bond motifs is 10. The Bertz CT molecular complexity index is 1700. The van der Waals surface area contributed by atoms with Crippen molar-refractivity contribution in [1.29, 1.82) is 0 Å². The molecule has 0 saturated heterocycles. The van der Waals surface area contributed by atoms with E-state index in [9.17, 15) is 0 Å². The average molecular weight is 1020 g/mol. The molecule has 8 aliphatic carbocycles.